The van der Waals surface area contributed by atoms with Crippen LogP contribution in [0.25, 0.3) is 0 Å². The fraction of sp³-hybridized carbons (Fsp3) is 0.0833. The maximum atomic E-state index is 12.0. The summed E-state index contributed by atoms with van der Waals surface area (Å²) >= 11 is 3.43. The van der Waals surface area contributed by atoms with Gasteiger partial charge in [0.2, 0.25) is 0 Å². The smallest absolute Gasteiger partial charge is 0.257 e. The van der Waals surface area contributed by atoms with Crippen LogP contribution in [0.4, 0.5) is 5.13 Å². The lowest BCUT2D eigenvalue weighted by Crippen LogP contribution is -2.12. The molecular formula is C12H10IN3O2S. The minimum absolute atomic E-state index is 0.210. The van der Waals surface area contributed by atoms with E-state index in [1.807, 2.05) is 12.1 Å². The number of benzene rings is 1. The van der Waals surface area contributed by atoms with Gasteiger partial charge in [0.15, 0.2) is 5.13 Å². The first-order valence-electron chi connectivity index (χ1n) is 5.31. The van der Waals surface area contributed by atoms with Crippen LogP contribution in [0.1, 0.15) is 23.0 Å². The van der Waals surface area contributed by atoms with Crippen LogP contribution >= 0.6 is 33.9 Å². The number of hydrogen-bond donors (Lipinski definition) is 2. The molecule has 0 aliphatic rings. The molecule has 0 aliphatic carbocycles. The van der Waals surface area contributed by atoms with E-state index < -0.39 is 0 Å². The number of aromatic nitrogens is 1. The summed E-state index contributed by atoms with van der Waals surface area (Å²) in [5.74, 6) is -0.210. The van der Waals surface area contributed by atoms with Crippen LogP contribution in [0.3, 0.4) is 0 Å². The zero-order valence-electron chi connectivity index (χ0n) is 9.92. The van der Waals surface area contributed by atoms with E-state index in [-0.39, 0.29) is 5.91 Å². The minimum Gasteiger partial charge on any atom is -0.411 e. The quantitative estimate of drug-likeness (QED) is 0.368. The molecular weight excluding hydrogens is 377 g/mol. The van der Waals surface area contributed by atoms with Crippen molar-refractivity contribution >= 4 is 50.7 Å². The van der Waals surface area contributed by atoms with E-state index in [0.717, 1.165) is 3.57 Å². The monoisotopic (exact) mass is 387 g/mol. The van der Waals surface area contributed by atoms with Gasteiger partial charge in [0.1, 0.15) is 11.4 Å². The molecule has 0 aliphatic heterocycles. The fourth-order valence-corrected chi connectivity index (χ4v) is 2.64. The number of carbonyl (C=O) groups is 1. The summed E-state index contributed by atoms with van der Waals surface area (Å²) in [5.41, 5.74) is 1.53. The highest BCUT2D eigenvalue weighted by Gasteiger charge is 2.10. The SMILES string of the molecule is CC(=NO)c1csc(NC(=O)c2cccc(I)c2)n1. The van der Waals surface area contributed by atoms with Crippen LogP contribution in [-0.4, -0.2) is 21.8 Å². The number of nitrogens with one attached hydrogen (secondary N) is 1. The summed E-state index contributed by atoms with van der Waals surface area (Å²) in [5, 5.41) is 16.6. The summed E-state index contributed by atoms with van der Waals surface area (Å²) < 4.78 is 0.994. The van der Waals surface area contributed by atoms with Gasteiger partial charge in [-0.2, -0.15) is 0 Å². The molecule has 1 amide bonds. The lowest BCUT2D eigenvalue weighted by molar-refractivity contribution is 0.102. The number of halogens is 1. The molecule has 19 heavy (non-hydrogen) atoms. The van der Waals surface area contributed by atoms with Crippen molar-refractivity contribution in [3.8, 4) is 0 Å². The molecule has 5 nitrogen and oxygen atoms in total. The molecule has 1 heterocycles. The molecule has 0 radical (unpaired) electrons. The number of carbonyl (C=O) groups excluding carboxylic acids is 1. The lowest BCUT2D eigenvalue weighted by Gasteiger charge is -2.01. The van der Waals surface area contributed by atoms with Crippen molar-refractivity contribution < 1.29 is 10.0 Å². The highest BCUT2D eigenvalue weighted by Crippen LogP contribution is 2.17. The van der Waals surface area contributed by atoms with Crippen LogP contribution in [0.2, 0.25) is 0 Å². The molecule has 2 N–H and O–H groups in total. The molecule has 0 saturated carbocycles. The molecule has 0 spiro atoms. The van der Waals surface area contributed by atoms with Crippen LogP contribution < -0.4 is 5.32 Å². The fourth-order valence-electron chi connectivity index (χ4n) is 1.35. The van der Waals surface area contributed by atoms with E-state index in [1.54, 1.807) is 24.4 Å². The van der Waals surface area contributed by atoms with Crippen LogP contribution in [0.5, 0.6) is 0 Å². The molecule has 0 unspecified atom stereocenters. The third-order valence-corrected chi connectivity index (χ3v) is 3.76. The van der Waals surface area contributed by atoms with Crippen LogP contribution in [-0.2, 0) is 0 Å². The summed E-state index contributed by atoms with van der Waals surface area (Å²) in [6, 6.07) is 7.28. The van der Waals surface area contributed by atoms with Crippen molar-refractivity contribution in [1.29, 1.82) is 0 Å². The predicted molar refractivity (Wildman–Crippen MR) is 83.2 cm³/mol. The topological polar surface area (TPSA) is 74.6 Å². The first-order valence-corrected chi connectivity index (χ1v) is 7.27. The Hall–Kier alpha value is -1.48. The molecule has 0 fully saturated rings. The van der Waals surface area contributed by atoms with E-state index in [1.165, 1.54) is 11.3 Å². The Kier molecular flexibility index (Phi) is 4.48. The molecule has 2 rings (SSSR count). The van der Waals surface area contributed by atoms with Crippen molar-refractivity contribution in [1.82, 2.24) is 4.98 Å². The van der Waals surface area contributed by atoms with E-state index in [9.17, 15) is 4.79 Å². The zero-order chi connectivity index (χ0) is 13.8. The first-order chi connectivity index (χ1) is 9.10. The molecule has 0 saturated heterocycles. The Labute approximate surface area is 127 Å². The number of hydrogen-bond acceptors (Lipinski definition) is 5. The molecule has 1 aromatic heterocycles. The summed E-state index contributed by atoms with van der Waals surface area (Å²) in [6.45, 7) is 1.64. The number of rotatable bonds is 3. The number of thiazole rings is 1. The molecule has 2 aromatic rings. The third-order valence-electron chi connectivity index (χ3n) is 2.33. The Morgan fingerprint density at radius 2 is 2.32 bits per heavy atom. The van der Waals surface area contributed by atoms with E-state index in [0.29, 0.717) is 22.1 Å². The van der Waals surface area contributed by atoms with Crippen molar-refractivity contribution in [2.24, 2.45) is 5.16 Å². The van der Waals surface area contributed by atoms with E-state index in [4.69, 9.17) is 5.21 Å². The van der Waals surface area contributed by atoms with Crippen molar-refractivity contribution in [2.45, 2.75) is 6.92 Å². The zero-order valence-corrected chi connectivity index (χ0v) is 12.9. The van der Waals surface area contributed by atoms with Gasteiger partial charge in [-0.25, -0.2) is 4.98 Å². The van der Waals surface area contributed by atoms with Gasteiger partial charge in [0.05, 0.1) is 0 Å². The van der Waals surface area contributed by atoms with Gasteiger partial charge >= 0.3 is 0 Å². The molecule has 0 bridgehead atoms. The maximum Gasteiger partial charge on any atom is 0.257 e. The predicted octanol–water partition coefficient (Wildman–Crippen LogP) is 3.20. The van der Waals surface area contributed by atoms with Crippen LogP contribution in [0, 0.1) is 3.57 Å². The number of amides is 1. The van der Waals surface area contributed by atoms with Crippen molar-refractivity contribution in [3.05, 3.63) is 44.5 Å². The number of oxime groups is 1. The Morgan fingerprint density at radius 1 is 1.53 bits per heavy atom. The lowest BCUT2D eigenvalue weighted by atomic mass is 10.2. The van der Waals surface area contributed by atoms with Gasteiger partial charge in [-0.15, -0.1) is 11.3 Å². The average molecular weight is 387 g/mol. The van der Waals surface area contributed by atoms with Crippen molar-refractivity contribution in [3.63, 3.8) is 0 Å². The maximum absolute atomic E-state index is 12.0. The van der Waals surface area contributed by atoms with Gasteiger partial charge in [0, 0.05) is 14.5 Å². The second-order valence-electron chi connectivity index (χ2n) is 3.69. The van der Waals surface area contributed by atoms with Crippen molar-refractivity contribution in [2.75, 3.05) is 5.32 Å². The minimum atomic E-state index is -0.210. The second-order valence-corrected chi connectivity index (χ2v) is 5.79. The Bertz CT molecular complexity index is 639. The molecule has 0 atom stereocenters. The highest BCUT2D eigenvalue weighted by atomic mass is 127. The van der Waals surface area contributed by atoms with Crippen LogP contribution in [0.15, 0.2) is 34.8 Å². The van der Waals surface area contributed by atoms with Gasteiger partial charge < -0.3 is 5.21 Å². The molecule has 98 valence electrons. The summed E-state index contributed by atoms with van der Waals surface area (Å²) in [6.07, 6.45) is 0. The highest BCUT2D eigenvalue weighted by molar-refractivity contribution is 14.1. The summed E-state index contributed by atoms with van der Waals surface area (Å²) in [4.78, 5) is 16.2. The summed E-state index contributed by atoms with van der Waals surface area (Å²) in [7, 11) is 0. The van der Waals surface area contributed by atoms with E-state index >= 15 is 0 Å². The number of nitrogens with zero attached hydrogens (tertiary/aromatic N) is 2. The number of anilines is 1. The van der Waals surface area contributed by atoms with Gasteiger partial charge in [-0.1, -0.05) is 11.2 Å². The normalized spacial score (nSPS) is 11.4. The Balaban J connectivity index is 2.13. The first kappa shape index (κ1) is 13.9. The average Bonchev–Trinajstić information content (AvgIpc) is 2.86. The largest absolute Gasteiger partial charge is 0.411 e. The standard InChI is InChI=1S/C12H10IN3O2S/c1-7(16-18)10-6-19-12(14-10)15-11(17)8-3-2-4-9(13)5-8/h2-6,18H,1H3,(H,14,15,17). The molecule has 1 aromatic carbocycles. The second kappa shape index (κ2) is 6.11. The van der Waals surface area contributed by atoms with Gasteiger partial charge in [-0.05, 0) is 47.7 Å². The van der Waals surface area contributed by atoms with E-state index in [2.05, 4.69) is 38.0 Å². The van der Waals surface area contributed by atoms with Gasteiger partial charge in [-0.3, -0.25) is 10.1 Å². The molecule has 7 heteroatoms. The third kappa shape index (κ3) is 3.51. The Morgan fingerprint density at radius 3 is 3.00 bits per heavy atom. The van der Waals surface area contributed by atoms with Gasteiger partial charge in [0.25, 0.3) is 5.91 Å².